The highest BCUT2D eigenvalue weighted by atomic mass is 16.2. The van der Waals surface area contributed by atoms with Crippen molar-refractivity contribution in [3.8, 4) is 0 Å². The van der Waals surface area contributed by atoms with Crippen molar-refractivity contribution in [2.45, 2.75) is 53.5 Å². The highest BCUT2D eigenvalue weighted by molar-refractivity contribution is 5.74. The van der Waals surface area contributed by atoms with E-state index in [1.807, 2.05) is 4.90 Å². The Morgan fingerprint density at radius 3 is 2.19 bits per heavy atom. The van der Waals surface area contributed by atoms with Crippen LogP contribution in [0.2, 0.25) is 0 Å². The van der Waals surface area contributed by atoms with Gasteiger partial charge in [0.05, 0.1) is 0 Å². The van der Waals surface area contributed by atoms with Gasteiger partial charge in [-0.15, -0.1) is 0 Å². The third-order valence-corrected chi connectivity index (χ3v) is 5.03. The molecule has 4 nitrogen and oxygen atoms in total. The number of hydrogen-bond donors (Lipinski definition) is 0. The van der Waals surface area contributed by atoms with Crippen molar-refractivity contribution in [3.63, 3.8) is 0 Å². The molecular formula is C17H35N3O. The van der Waals surface area contributed by atoms with Gasteiger partial charge in [0.15, 0.2) is 0 Å². The Morgan fingerprint density at radius 2 is 1.71 bits per heavy atom. The first-order valence-electron chi connectivity index (χ1n) is 8.15. The van der Waals surface area contributed by atoms with E-state index in [1.165, 1.54) is 39.0 Å². The molecule has 1 amide bonds. The molecular weight excluding hydrogens is 262 g/mol. The molecule has 0 aromatic rings. The van der Waals surface area contributed by atoms with Gasteiger partial charge in [-0.2, -0.15) is 0 Å². The van der Waals surface area contributed by atoms with Crippen molar-refractivity contribution in [2.75, 3.05) is 45.8 Å². The van der Waals surface area contributed by atoms with Crippen LogP contribution in [0.4, 0.5) is 0 Å². The van der Waals surface area contributed by atoms with Crippen molar-refractivity contribution < 1.29 is 4.79 Å². The lowest BCUT2D eigenvalue weighted by Crippen LogP contribution is -2.61. The molecule has 0 spiro atoms. The Hall–Kier alpha value is -0.610. The third-order valence-electron chi connectivity index (χ3n) is 5.03. The van der Waals surface area contributed by atoms with E-state index in [9.17, 15) is 4.79 Å². The number of carbonyl (C=O) groups excluding carboxylic acids is 1. The van der Waals surface area contributed by atoms with E-state index in [-0.39, 0.29) is 18.9 Å². The predicted octanol–water partition coefficient (Wildman–Crippen LogP) is 2.30. The maximum atomic E-state index is 11.7. The SMILES string of the molecule is C.CCN1CCC(CN2CCN(C(C)=O)C(C)(C)C2)CC1. The minimum absolute atomic E-state index is 0. The minimum Gasteiger partial charge on any atom is -0.335 e. The van der Waals surface area contributed by atoms with E-state index in [0.29, 0.717) is 0 Å². The minimum atomic E-state index is -0.0196. The van der Waals surface area contributed by atoms with Gasteiger partial charge >= 0.3 is 0 Å². The van der Waals surface area contributed by atoms with Crippen molar-refractivity contribution in [2.24, 2.45) is 5.92 Å². The molecule has 2 aliphatic rings. The van der Waals surface area contributed by atoms with Gasteiger partial charge in [0, 0.05) is 38.6 Å². The van der Waals surface area contributed by atoms with Crippen LogP contribution in [0, 0.1) is 5.92 Å². The zero-order valence-electron chi connectivity index (χ0n) is 13.7. The van der Waals surface area contributed by atoms with Crippen molar-refractivity contribution in [3.05, 3.63) is 0 Å². The van der Waals surface area contributed by atoms with Crippen LogP contribution in [-0.2, 0) is 4.79 Å². The van der Waals surface area contributed by atoms with E-state index in [0.717, 1.165) is 25.6 Å². The van der Waals surface area contributed by atoms with Crippen LogP contribution in [0.25, 0.3) is 0 Å². The summed E-state index contributed by atoms with van der Waals surface area (Å²) < 4.78 is 0. The molecule has 2 rings (SSSR count). The van der Waals surface area contributed by atoms with Gasteiger partial charge < -0.3 is 9.80 Å². The van der Waals surface area contributed by atoms with Crippen LogP contribution in [0.1, 0.15) is 48.0 Å². The molecule has 4 heteroatoms. The predicted molar refractivity (Wildman–Crippen MR) is 89.5 cm³/mol. The van der Waals surface area contributed by atoms with E-state index >= 15 is 0 Å². The average Bonchev–Trinajstić information content (AvgIpc) is 2.38. The molecule has 0 unspecified atom stereocenters. The van der Waals surface area contributed by atoms with Gasteiger partial charge in [-0.1, -0.05) is 14.4 Å². The lowest BCUT2D eigenvalue weighted by Gasteiger charge is -2.48. The van der Waals surface area contributed by atoms with Crippen LogP contribution < -0.4 is 0 Å². The lowest BCUT2D eigenvalue weighted by molar-refractivity contribution is -0.138. The number of carbonyl (C=O) groups is 1. The van der Waals surface area contributed by atoms with Gasteiger partial charge in [-0.25, -0.2) is 0 Å². The summed E-state index contributed by atoms with van der Waals surface area (Å²) in [5.41, 5.74) is -0.0196. The molecule has 0 radical (unpaired) electrons. The molecule has 2 aliphatic heterocycles. The van der Waals surface area contributed by atoms with E-state index in [4.69, 9.17) is 0 Å². The van der Waals surface area contributed by atoms with Crippen LogP contribution in [0.3, 0.4) is 0 Å². The van der Waals surface area contributed by atoms with Crippen molar-refractivity contribution in [1.29, 1.82) is 0 Å². The number of amides is 1. The summed E-state index contributed by atoms with van der Waals surface area (Å²) in [5.74, 6) is 1.06. The maximum Gasteiger partial charge on any atom is 0.219 e. The number of piperidine rings is 1. The Morgan fingerprint density at radius 1 is 1.10 bits per heavy atom. The molecule has 0 aliphatic carbocycles. The van der Waals surface area contributed by atoms with Crippen LogP contribution in [-0.4, -0.2) is 72.0 Å². The van der Waals surface area contributed by atoms with Gasteiger partial charge in [-0.3, -0.25) is 9.69 Å². The number of likely N-dealkylation sites (tertiary alicyclic amines) is 1. The van der Waals surface area contributed by atoms with E-state index in [2.05, 4.69) is 30.6 Å². The largest absolute Gasteiger partial charge is 0.335 e. The van der Waals surface area contributed by atoms with Gasteiger partial charge in [0.1, 0.15) is 0 Å². The summed E-state index contributed by atoms with van der Waals surface area (Å²) in [5, 5.41) is 0. The zero-order valence-corrected chi connectivity index (χ0v) is 13.7. The van der Waals surface area contributed by atoms with Crippen LogP contribution in [0.5, 0.6) is 0 Å². The summed E-state index contributed by atoms with van der Waals surface area (Å²) in [6.07, 6.45) is 2.67. The Balaban J connectivity index is 0.00000220. The molecule has 0 aromatic heterocycles. The fourth-order valence-corrected chi connectivity index (χ4v) is 3.85. The second-order valence-electron chi connectivity index (χ2n) is 7.10. The van der Waals surface area contributed by atoms with Gasteiger partial charge in [0.2, 0.25) is 5.91 Å². The zero-order chi connectivity index (χ0) is 14.8. The second-order valence-corrected chi connectivity index (χ2v) is 7.10. The van der Waals surface area contributed by atoms with Crippen molar-refractivity contribution in [1.82, 2.24) is 14.7 Å². The van der Waals surface area contributed by atoms with E-state index in [1.54, 1.807) is 6.92 Å². The molecule has 0 aromatic carbocycles. The molecule has 0 bridgehead atoms. The quantitative estimate of drug-likeness (QED) is 0.800. The number of piperazine rings is 1. The van der Waals surface area contributed by atoms with E-state index < -0.39 is 0 Å². The summed E-state index contributed by atoms with van der Waals surface area (Å²) in [6.45, 7) is 16.2. The standard InChI is InChI=1S/C16H31N3O.CH4/c1-5-17-8-6-15(7-9-17)12-18-10-11-19(14(2)20)16(3,4)13-18;/h15H,5-13H2,1-4H3;1H4. The lowest BCUT2D eigenvalue weighted by atomic mass is 9.93. The Kier molecular flexibility index (Phi) is 6.67. The molecule has 124 valence electrons. The number of rotatable bonds is 3. The molecule has 2 saturated heterocycles. The molecule has 0 N–H and O–H groups in total. The van der Waals surface area contributed by atoms with Crippen LogP contribution >= 0.6 is 0 Å². The molecule has 0 saturated carbocycles. The summed E-state index contributed by atoms with van der Waals surface area (Å²) in [7, 11) is 0. The summed E-state index contributed by atoms with van der Waals surface area (Å²) in [6, 6.07) is 0. The smallest absolute Gasteiger partial charge is 0.219 e. The Labute approximate surface area is 131 Å². The Bertz CT molecular complexity index is 335. The monoisotopic (exact) mass is 297 g/mol. The molecule has 0 atom stereocenters. The summed E-state index contributed by atoms with van der Waals surface area (Å²) >= 11 is 0. The van der Waals surface area contributed by atoms with Crippen LogP contribution in [0.15, 0.2) is 0 Å². The van der Waals surface area contributed by atoms with Crippen molar-refractivity contribution >= 4 is 5.91 Å². The first-order chi connectivity index (χ1) is 9.42. The third kappa shape index (κ3) is 4.68. The fourth-order valence-electron chi connectivity index (χ4n) is 3.85. The van der Waals surface area contributed by atoms with Gasteiger partial charge in [0.25, 0.3) is 0 Å². The van der Waals surface area contributed by atoms with Gasteiger partial charge in [-0.05, 0) is 52.2 Å². The first kappa shape index (κ1) is 18.4. The highest BCUT2D eigenvalue weighted by Crippen LogP contribution is 2.24. The highest BCUT2D eigenvalue weighted by Gasteiger charge is 2.35. The number of nitrogens with zero attached hydrogens (tertiary/aromatic N) is 3. The first-order valence-corrected chi connectivity index (χ1v) is 8.15. The normalized spacial score (nSPS) is 24.7. The average molecular weight is 297 g/mol. The fraction of sp³-hybridized carbons (Fsp3) is 0.941. The summed E-state index contributed by atoms with van der Waals surface area (Å²) in [4.78, 5) is 18.8. The molecule has 2 fully saturated rings. The molecule has 2 heterocycles. The maximum absolute atomic E-state index is 11.7. The molecule has 21 heavy (non-hydrogen) atoms. The number of hydrogen-bond acceptors (Lipinski definition) is 3. The second kappa shape index (κ2) is 7.59. The topological polar surface area (TPSA) is 26.8 Å².